The van der Waals surface area contributed by atoms with Crippen molar-refractivity contribution in [2.24, 2.45) is 5.92 Å². The number of aliphatic hydroxyl groups excluding tert-OH is 1. The van der Waals surface area contributed by atoms with E-state index in [1.54, 1.807) is 6.20 Å². The van der Waals surface area contributed by atoms with Crippen LogP contribution >= 0.6 is 0 Å². The Kier molecular flexibility index (Phi) is 6.27. The smallest absolute Gasteiger partial charge is 0.315 e. The Morgan fingerprint density at radius 2 is 2.04 bits per heavy atom. The Bertz CT molecular complexity index is 537. The standard InChI is InChI=1S/C18H32N4O2/c1-13(2)22-11-15(10-19-22)14(3)20-17(24)21-18(4,12-23)16-8-6-5-7-9-16/h10-11,13-14,16,23H,5-9,12H2,1-4H3,(H2,20,21,24)/t14-,18-/m1/s1. The van der Waals surface area contributed by atoms with Crippen LogP contribution in [0, 0.1) is 5.92 Å². The third kappa shape index (κ3) is 4.50. The Balaban J connectivity index is 1.94. The highest BCUT2D eigenvalue weighted by Crippen LogP contribution is 2.32. The molecule has 0 aliphatic heterocycles. The molecule has 2 rings (SSSR count). The summed E-state index contributed by atoms with van der Waals surface area (Å²) in [5.74, 6) is 0.334. The molecule has 136 valence electrons. The van der Waals surface area contributed by atoms with Gasteiger partial charge in [-0.05, 0) is 46.5 Å². The minimum Gasteiger partial charge on any atom is -0.394 e. The summed E-state index contributed by atoms with van der Waals surface area (Å²) >= 11 is 0. The number of nitrogens with one attached hydrogen (secondary N) is 2. The number of carbonyl (C=O) groups excluding carboxylic acids is 1. The zero-order chi connectivity index (χ0) is 17.7. The maximum absolute atomic E-state index is 12.4. The van der Waals surface area contributed by atoms with Gasteiger partial charge in [0, 0.05) is 17.8 Å². The van der Waals surface area contributed by atoms with Gasteiger partial charge in [0.2, 0.25) is 0 Å². The van der Waals surface area contributed by atoms with Gasteiger partial charge in [-0.25, -0.2) is 4.79 Å². The van der Waals surface area contributed by atoms with Gasteiger partial charge in [-0.1, -0.05) is 19.3 Å². The van der Waals surface area contributed by atoms with E-state index in [-0.39, 0.29) is 18.7 Å². The van der Waals surface area contributed by atoms with Crippen LogP contribution in [-0.2, 0) is 0 Å². The topological polar surface area (TPSA) is 79.2 Å². The van der Waals surface area contributed by atoms with Crippen molar-refractivity contribution in [3.05, 3.63) is 18.0 Å². The largest absolute Gasteiger partial charge is 0.394 e. The quantitative estimate of drug-likeness (QED) is 0.746. The number of carbonyl (C=O) groups is 1. The van der Waals surface area contributed by atoms with Crippen molar-refractivity contribution >= 4 is 6.03 Å². The lowest BCUT2D eigenvalue weighted by molar-refractivity contribution is 0.101. The highest BCUT2D eigenvalue weighted by atomic mass is 16.3. The zero-order valence-corrected chi connectivity index (χ0v) is 15.4. The van der Waals surface area contributed by atoms with Crippen LogP contribution in [0.5, 0.6) is 0 Å². The third-order valence-corrected chi connectivity index (χ3v) is 5.23. The van der Waals surface area contributed by atoms with E-state index in [9.17, 15) is 9.90 Å². The van der Waals surface area contributed by atoms with Crippen LogP contribution in [-0.4, -0.2) is 33.1 Å². The first-order chi connectivity index (χ1) is 11.4. The van der Waals surface area contributed by atoms with Crippen molar-refractivity contribution in [2.75, 3.05) is 6.61 Å². The second-order valence-electron chi connectivity index (χ2n) is 7.58. The van der Waals surface area contributed by atoms with Gasteiger partial charge in [-0.2, -0.15) is 5.10 Å². The molecule has 2 atom stereocenters. The number of rotatable bonds is 6. The molecule has 6 heteroatoms. The molecule has 0 unspecified atom stereocenters. The first-order valence-corrected chi connectivity index (χ1v) is 9.09. The number of amides is 2. The molecule has 2 amide bonds. The van der Waals surface area contributed by atoms with E-state index in [0.29, 0.717) is 12.0 Å². The van der Waals surface area contributed by atoms with Crippen LogP contribution in [0.15, 0.2) is 12.4 Å². The molecule has 1 saturated carbocycles. The molecule has 1 heterocycles. The SMILES string of the molecule is CC(C)n1cc([C@@H](C)NC(=O)N[C@](C)(CO)C2CCCCC2)cn1. The summed E-state index contributed by atoms with van der Waals surface area (Å²) in [6.07, 6.45) is 9.48. The molecule has 24 heavy (non-hydrogen) atoms. The molecule has 0 aromatic carbocycles. The lowest BCUT2D eigenvalue weighted by Gasteiger charge is -2.39. The van der Waals surface area contributed by atoms with Crippen molar-refractivity contribution in [1.29, 1.82) is 0 Å². The summed E-state index contributed by atoms with van der Waals surface area (Å²) in [6.45, 7) is 7.99. The minimum absolute atomic E-state index is 0.0370. The lowest BCUT2D eigenvalue weighted by atomic mass is 9.76. The molecule has 1 aromatic heterocycles. The maximum atomic E-state index is 12.4. The summed E-state index contributed by atoms with van der Waals surface area (Å²) < 4.78 is 1.88. The number of aliphatic hydroxyl groups is 1. The van der Waals surface area contributed by atoms with Crippen molar-refractivity contribution in [2.45, 2.75) is 77.4 Å². The summed E-state index contributed by atoms with van der Waals surface area (Å²) in [5, 5.41) is 20.1. The van der Waals surface area contributed by atoms with Crippen LogP contribution in [0.2, 0.25) is 0 Å². The van der Waals surface area contributed by atoms with Gasteiger partial charge in [-0.15, -0.1) is 0 Å². The van der Waals surface area contributed by atoms with Gasteiger partial charge in [0.15, 0.2) is 0 Å². The van der Waals surface area contributed by atoms with Crippen molar-refractivity contribution < 1.29 is 9.90 Å². The van der Waals surface area contributed by atoms with Gasteiger partial charge in [-0.3, -0.25) is 4.68 Å². The third-order valence-electron chi connectivity index (χ3n) is 5.23. The number of urea groups is 1. The summed E-state index contributed by atoms with van der Waals surface area (Å²) in [6, 6.07) is -0.0718. The average molecular weight is 336 g/mol. The molecule has 0 saturated heterocycles. The predicted octanol–water partition coefficient (Wildman–Crippen LogP) is 3.16. The number of hydrogen-bond acceptors (Lipinski definition) is 3. The van der Waals surface area contributed by atoms with Gasteiger partial charge in [0.05, 0.1) is 24.4 Å². The molecular weight excluding hydrogens is 304 g/mol. The molecule has 0 bridgehead atoms. The molecule has 0 spiro atoms. The van der Waals surface area contributed by atoms with E-state index < -0.39 is 5.54 Å². The first kappa shape index (κ1) is 18.8. The maximum Gasteiger partial charge on any atom is 0.315 e. The summed E-state index contributed by atoms with van der Waals surface area (Å²) in [5.41, 5.74) is 0.411. The minimum atomic E-state index is -0.563. The van der Waals surface area contributed by atoms with Crippen LogP contribution in [0.25, 0.3) is 0 Å². The molecule has 3 N–H and O–H groups in total. The lowest BCUT2D eigenvalue weighted by Crippen LogP contribution is -2.57. The molecule has 1 aromatic rings. The molecule has 6 nitrogen and oxygen atoms in total. The highest BCUT2D eigenvalue weighted by molar-refractivity contribution is 5.75. The normalized spacial score (nSPS) is 19.8. The molecule has 0 radical (unpaired) electrons. The van der Waals surface area contributed by atoms with Gasteiger partial charge in [0.25, 0.3) is 0 Å². The zero-order valence-electron chi connectivity index (χ0n) is 15.4. The Labute approximate surface area is 145 Å². The second kappa shape index (κ2) is 8.01. The number of aromatic nitrogens is 2. The second-order valence-corrected chi connectivity index (χ2v) is 7.58. The fourth-order valence-corrected chi connectivity index (χ4v) is 3.44. The van der Waals surface area contributed by atoms with Crippen LogP contribution < -0.4 is 10.6 Å². The van der Waals surface area contributed by atoms with E-state index in [4.69, 9.17) is 0 Å². The van der Waals surface area contributed by atoms with Crippen molar-refractivity contribution in [1.82, 2.24) is 20.4 Å². The molecule has 1 fully saturated rings. The molecule has 1 aliphatic rings. The van der Waals surface area contributed by atoms with Gasteiger partial charge < -0.3 is 15.7 Å². The first-order valence-electron chi connectivity index (χ1n) is 9.09. The fraction of sp³-hybridized carbons (Fsp3) is 0.778. The van der Waals surface area contributed by atoms with E-state index in [0.717, 1.165) is 18.4 Å². The van der Waals surface area contributed by atoms with E-state index >= 15 is 0 Å². The monoisotopic (exact) mass is 336 g/mol. The summed E-state index contributed by atoms with van der Waals surface area (Å²) in [4.78, 5) is 12.4. The van der Waals surface area contributed by atoms with E-state index in [2.05, 4.69) is 29.6 Å². The Morgan fingerprint density at radius 3 is 2.58 bits per heavy atom. The Hall–Kier alpha value is -1.56. The highest BCUT2D eigenvalue weighted by Gasteiger charge is 2.36. The number of hydrogen-bond donors (Lipinski definition) is 3. The predicted molar refractivity (Wildman–Crippen MR) is 94.8 cm³/mol. The van der Waals surface area contributed by atoms with Crippen LogP contribution in [0.1, 0.15) is 77.4 Å². The van der Waals surface area contributed by atoms with E-state index in [1.807, 2.05) is 24.7 Å². The van der Waals surface area contributed by atoms with Gasteiger partial charge >= 0.3 is 6.03 Å². The van der Waals surface area contributed by atoms with Crippen molar-refractivity contribution in [3.63, 3.8) is 0 Å². The van der Waals surface area contributed by atoms with Crippen LogP contribution in [0.3, 0.4) is 0 Å². The van der Waals surface area contributed by atoms with E-state index in [1.165, 1.54) is 19.3 Å². The molecule has 1 aliphatic carbocycles. The number of nitrogens with zero attached hydrogens (tertiary/aromatic N) is 2. The average Bonchev–Trinajstić information content (AvgIpc) is 3.06. The van der Waals surface area contributed by atoms with Crippen LogP contribution in [0.4, 0.5) is 4.79 Å². The fourth-order valence-electron chi connectivity index (χ4n) is 3.44. The van der Waals surface area contributed by atoms with Crippen molar-refractivity contribution in [3.8, 4) is 0 Å². The van der Waals surface area contributed by atoms with Gasteiger partial charge in [0.1, 0.15) is 0 Å². The molecular formula is C18H32N4O2. The Morgan fingerprint density at radius 1 is 1.38 bits per heavy atom. The summed E-state index contributed by atoms with van der Waals surface area (Å²) in [7, 11) is 0.